The van der Waals surface area contributed by atoms with Gasteiger partial charge in [0.05, 0.1) is 6.04 Å². The Morgan fingerprint density at radius 1 is 0.980 bits per heavy atom. The molecule has 0 bridgehead atoms. The molecule has 0 saturated heterocycles. The number of hydrogen-bond donors (Lipinski definition) is 4. The summed E-state index contributed by atoms with van der Waals surface area (Å²) in [6.07, 6.45) is 21.2. The average molecular weight is 699 g/mol. The highest BCUT2D eigenvalue weighted by atomic mass is 16.1. The molecule has 292 valence electrons. The van der Waals surface area contributed by atoms with Gasteiger partial charge in [-0.25, -0.2) is 0 Å². The monoisotopic (exact) mass is 699 g/mol. The predicted octanol–water partition coefficient (Wildman–Crippen LogP) is 11.8. The summed E-state index contributed by atoms with van der Waals surface area (Å²) >= 11 is 0. The molecule has 1 saturated carbocycles. The molecule has 0 aromatic carbocycles. The maximum atomic E-state index is 11.5. The van der Waals surface area contributed by atoms with E-state index >= 15 is 0 Å². The van der Waals surface area contributed by atoms with Crippen molar-refractivity contribution in [3.05, 3.63) is 72.8 Å². The lowest BCUT2D eigenvalue weighted by Gasteiger charge is -2.39. The van der Waals surface area contributed by atoms with Crippen molar-refractivity contribution >= 4 is 5.78 Å². The van der Waals surface area contributed by atoms with Gasteiger partial charge in [-0.2, -0.15) is 0 Å². The number of allylic oxidation sites excluding steroid dienone is 7. The minimum absolute atomic E-state index is 0.128. The number of carbonyl (C=O) groups excluding carboxylic acids is 1. The summed E-state index contributed by atoms with van der Waals surface area (Å²) in [5.41, 5.74) is 10.1. The van der Waals surface area contributed by atoms with Crippen LogP contribution < -0.4 is 21.7 Å². The summed E-state index contributed by atoms with van der Waals surface area (Å²) in [7, 11) is 1.85. The molecule has 2 aliphatic rings. The summed E-state index contributed by atoms with van der Waals surface area (Å²) in [6.45, 7) is 42.9. The molecular formula is C45H86N4O. The fraction of sp³-hybridized carbons (Fsp3) is 0.711. The average Bonchev–Trinajstić information content (AvgIpc) is 3.32. The number of ketones is 1. The Hall–Kier alpha value is -2.53. The fourth-order valence-electron chi connectivity index (χ4n) is 5.38. The van der Waals surface area contributed by atoms with Gasteiger partial charge >= 0.3 is 0 Å². The number of nitrogens with one attached hydrogen (secondary N) is 3. The highest BCUT2D eigenvalue weighted by Crippen LogP contribution is 2.43. The molecule has 5 N–H and O–H groups in total. The van der Waals surface area contributed by atoms with Crippen molar-refractivity contribution in [2.75, 3.05) is 13.6 Å². The molecule has 2 rings (SSSR count). The third-order valence-corrected chi connectivity index (χ3v) is 9.34. The molecule has 0 spiro atoms. The van der Waals surface area contributed by atoms with Crippen LogP contribution in [0.25, 0.3) is 0 Å². The molecule has 5 heteroatoms. The van der Waals surface area contributed by atoms with Crippen molar-refractivity contribution < 1.29 is 4.79 Å². The van der Waals surface area contributed by atoms with Crippen molar-refractivity contribution in [1.82, 2.24) is 16.0 Å². The number of nitrogens with two attached hydrogens (primary N) is 1. The molecule has 50 heavy (non-hydrogen) atoms. The maximum Gasteiger partial charge on any atom is 0.132 e. The lowest BCUT2D eigenvalue weighted by Crippen LogP contribution is -2.47. The number of Topliss-reactive ketones (excluding diaryl/α,β-unsaturated/α-hetero) is 1. The Kier molecular flexibility index (Phi) is 30.2. The normalized spacial score (nSPS) is 16.8. The first-order chi connectivity index (χ1) is 23.2. The van der Waals surface area contributed by atoms with E-state index in [2.05, 4.69) is 128 Å². The maximum absolute atomic E-state index is 11.5. The van der Waals surface area contributed by atoms with Crippen molar-refractivity contribution in [1.29, 1.82) is 0 Å². The molecule has 0 aromatic heterocycles. The molecule has 4 atom stereocenters. The van der Waals surface area contributed by atoms with E-state index in [1.54, 1.807) is 6.92 Å². The van der Waals surface area contributed by atoms with Crippen molar-refractivity contribution in [3.8, 4) is 0 Å². The number of rotatable bonds is 15. The Bertz CT molecular complexity index is 1020. The van der Waals surface area contributed by atoms with Crippen LogP contribution in [0.4, 0.5) is 0 Å². The van der Waals surface area contributed by atoms with Crippen LogP contribution in [0.5, 0.6) is 0 Å². The topological polar surface area (TPSA) is 79.2 Å². The van der Waals surface area contributed by atoms with E-state index in [4.69, 9.17) is 5.73 Å². The predicted molar refractivity (Wildman–Crippen MR) is 227 cm³/mol. The second-order valence-corrected chi connectivity index (χ2v) is 16.1. The Morgan fingerprint density at radius 2 is 1.52 bits per heavy atom. The molecule has 3 unspecified atom stereocenters. The Balaban J connectivity index is -0.000000772. The van der Waals surface area contributed by atoms with Gasteiger partial charge in [-0.05, 0) is 82.1 Å². The standard InChI is InChI=1S/C24H44N2O.C9H12.C5H12N2.C5H12.C2H6/c1-17(14-18(2)21(5)27)16-25-20(4)22(24(9)12-10-11-13-24)26-19(3)15-23(6,7)8;1-2-9-7-5-3-4-6-8-9;1-4(6)5(2)7-3;1-4-5(2)3;1-2/h17-18,22,25-26H,3-4,10-16H2,1-2,5-9H3;3-7H,2,8H2,1H3;5,7H,1,6H2,2-3H3;5H,4H2,1-3H3;1-2H3/t;;5-;;/m..0../s1. The first kappa shape index (κ1) is 51.8. The highest BCUT2D eigenvalue weighted by Gasteiger charge is 2.39. The van der Waals surface area contributed by atoms with Gasteiger partial charge in [0.2, 0.25) is 0 Å². The van der Waals surface area contributed by atoms with Gasteiger partial charge in [0, 0.05) is 35.6 Å². The van der Waals surface area contributed by atoms with E-state index in [1.165, 1.54) is 44.1 Å². The highest BCUT2D eigenvalue weighted by molar-refractivity contribution is 5.77. The molecule has 0 radical (unpaired) electrons. The van der Waals surface area contributed by atoms with E-state index in [1.807, 2.05) is 34.7 Å². The van der Waals surface area contributed by atoms with Crippen LogP contribution >= 0.6 is 0 Å². The zero-order valence-corrected chi connectivity index (χ0v) is 36.0. The zero-order valence-electron chi connectivity index (χ0n) is 36.0. The van der Waals surface area contributed by atoms with Gasteiger partial charge < -0.3 is 21.7 Å². The molecule has 2 aliphatic carbocycles. The lowest BCUT2D eigenvalue weighted by atomic mass is 9.78. The minimum Gasteiger partial charge on any atom is -0.401 e. The summed E-state index contributed by atoms with van der Waals surface area (Å²) in [5, 5.41) is 10.3. The molecular weight excluding hydrogens is 613 g/mol. The summed E-state index contributed by atoms with van der Waals surface area (Å²) < 4.78 is 0. The molecule has 0 amide bonds. The molecule has 0 aliphatic heterocycles. The van der Waals surface area contributed by atoms with E-state index in [-0.39, 0.29) is 34.6 Å². The van der Waals surface area contributed by atoms with Crippen molar-refractivity contribution in [2.24, 2.45) is 34.3 Å². The second-order valence-electron chi connectivity index (χ2n) is 16.1. The van der Waals surface area contributed by atoms with Crippen LogP contribution in [-0.2, 0) is 4.79 Å². The van der Waals surface area contributed by atoms with Gasteiger partial charge in [0.15, 0.2) is 0 Å². The van der Waals surface area contributed by atoms with Gasteiger partial charge in [-0.15, -0.1) is 0 Å². The number of likely N-dealkylation sites (N-methyl/N-ethyl adjacent to an activating group) is 1. The van der Waals surface area contributed by atoms with Gasteiger partial charge in [-0.3, -0.25) is 4.79 Å². The number of hydrogen-bond acceptors (Lipinski definition) is 5. The second kappa shape index (κ2) is 29.1. The number of carbonyl (C=O) groups is 1. The molecule has 0 heterocycles. The van der Waals surface area contributed by atoms with Gasteiger partial charge in [-0.1, -0.05) is 158 Å². The van der Waals surface area contributed by atoms with E-state index in [9.17, 15) is 4.79 Å². The molecule has 5 nitrogen and oxygen atoms in total. The SMILES string of the molecule is C=C(CC(C)(C)C)NC(C(=C)NCC(C)CC(C)C(C)=O)C1(C)CCCC1.C=C(N)[C@H](C)NC.CC.CCC(C)C.CCC1=CC=CC=CC1. The Labute approximate surface area is 313 Å². The van der Waals surface area contributed by atoms with Gasteiger partial charge in [0.1, 0.15) is 5.78 Å². The van der Waals surface area contributed by atoms with E-state index in [0.717, 1.165) is 43.1 Å². The quantitative estimate of drug-likeness (QED) is 0.137. The molecule has 1 fully saturated rings. The third kappa shape index (κ3) is 27.2. The minimum atomic E-state index is 0.128. The van der Waals surface area contributed by atoms with Crippen molar-refractivity contribution in [3.63, 3.8) is 0 Å². The van der Waals surface area contributed by atoms with Crippen LogP contribution in [0.3, 0.4) is 0 Å². The molecule has 0 aromatic rings. The smallest absolute Gasteiger partial charge is 0.132 e. The van der Waals surface area contributed by atoms with Crippen LogP contribution in [0.15, 0.2) is 72.8 Å². The largest absolute Gasteiger partial charge is 0.401 e. The fourth-order valence-corrected chi connectivity index (χ4v) is 5.38. The van der Waals surface area contributed by atoms with Crippen LogP contribution in [0.2, 0.25) is 0 Å². The Morgan fingerprint density at radius 3 is 1.92 bits per heavy atom. The van der Waals surface area contributed by atoms with Crippen LogP contribution in [-0.4, -0.2) is 31.5 Å². The third-order valence-electron chi connectivity index (χ3n) is 9.34. The summed E-state index contributed by atoms with van der Waals surface area (Å²) in [6, 6.07) is 0.437. The van der Waals surface area contributed by atoms with Crippen LogP contribution in [0.1, 0.15) is 155 Å². The summed E-state index contributed by atoms with van der Waals surface area (Å²) in [4.78, 5) is 11.5. The zero-order chi connectivity index (χ0) is 39.5. The van der Waals surface area contributed by atoms with E-state index in [0.29, 0.717) is 11.6 Å². The summed E-state index contributed by atoms with van der Waals surface area (Å²) in [5.74, 6) is 1.73. The first-order valence-corrected chi connectivity index (χ1v) is 19.7. The van der Waals surface area contributed by atoms with Gasteiger partial charge in [0.25, 0.3) is 0 Å². The van der Waals surface area contributed by atoms with Crippen LogP contribution in [0, 0.1) is 28.6 Å². The van der Waals surface area contributed by atoms with Crippen molar-refractivity contribution in [2.45, 2.75) is 167 Å². The van der Waals surface area contributed by atoms with E-state index < -0.39 is 0 Å². The first-order valence-electron chi connectivity index (χ1n) is 19.7. The lowest BCUT2D eigenvalue weighted by molar-refractivity contribution is -0.120.